The Balaban J connectivity index is 2.06. The number of aliphatic hydroxyl groups excluding tert-OH is 1. The fraction of sp³-hybridized carbons (Fsp3) is 0.462. The van der Waals surface area contributed by atoms with Crippen molar-refractivity contribution in [2.75, 3.05) is 11.9 Å². The van der Waals surface area contributed by atoms with Gasteiger partial charge in [-0.1, -0.05) is 11.6 Å². The summed E-state index contributed by atoms with van der Waals surface area (Å²) in [5.74, 6) is 0.257. The summed E-state index contributed by atoms with van der Waals surface area (Å²) in [7, 11) is 0. The Morgan fingerprint density at radius 2 is 2.24 bits per heavy atom. The molecule has 1 unspecified atom stereocenters. The number of anilines is 1. The average Bonchev–Trinajstić information content (AvgIpc) is 3.25. The van der Waals surface area contributed by atoms with E-state index in [2.05, 4.69) is 10.6 Å². The summed E-state index contributed by atoms with van der Waals surface area (Å²) in [6.45, 7) is 1.61. The Bertz CT molecular complexity index is 577. The molecule has 1 aromatic rings. The Labute approximate surface area is 126 Å². The van der Waals surface area contributed by atoms with E-state index in [9.17, 15) is 20.0 Å². The van der Waals surface area contributed by atoms with Crippen LogP contribution in [0.4, 0.5) is 16.2 Å². The Morgan fingerprint density at radius 1 is 1.57 bits per heavy atom. The second-order valence-electron chi connectivity index (χ2n) is 5.35. The predicted octanol–water partition coefficient (Wildman–Crippen LogP) is 2.53. The van der Waals surface area contributed by atoms with E-state index in [0.29, 0.717) is 0 Å². The van der Waals surface area contributed by atoms with Crippen molar-refractivity contribution in [2.24, 2.45) is 5.92 Å². The third-order valence-electron chi connectivity index (χ3n) is 3.61. The van der Waals surface area contributed by atoms with Gasteiger partial charge in [0.25, 0.3) is 5.69 Å². The van der Waals surface area contributed by atoms with Crippen LogP contribution in [0, 0.1) is 16.0 Å². The lowest BCUT2D eigenvalue weighted by Gasteiger charge is -2.28. The maximum Gasteiger partial charge on any atom is 0.319 e. The molecule has 1 saturated carbocycles. The summed E-state index contributed by atoms with van der Waals surface area (Å²) in [4.78, 5) is 22.1. The molecule has 0 aromatic heterocycles. The molecule has 0 aliphatic heterocycles. The molecule has 114 valence electrons. The van der Waals surface area contributed by atoms with Crippen molar-refractivity contribution in [3.05, 3.63) is 33.3 Å². The summed E-state index contributed by atoms with van der Waals surface area (Å²) in [6.07, 6.45) is 1.92. The zero-order valence-corrected chi connectivity index (χ0v) is 12.2. The van der Waals surface area contributed by atoms with E-state index in [1.807, 2.05) is 0 Å². The van der Waals surface area contributed by atoms with E-state index in [1.54, 1.807) is 6.92 Å². The molecule has 3 N–H and O–H groups in total. The standard InChI is InChI=1S/C13H16ClN3O4/c1-13(7-18,8-2-3-8)16-12(19)15-9-4-5-10(14)11(6-9)17(20)21/h4-6,8,18H,2-3,7H2,1H3,(H2,15,16,19). The summed E-state index contributed by atoms with van der Waals surface area (Å²) < 4.78 is 0. The van der Waals surface area contributed by atoms with Crippen LogP contribution in [-0.2, 0) is 0 Å². The van der Waals surface area contributed by atoms with E-state index in [4.69, 9.17) is 11.6 Å². The van der Waals surface area contributed by atoms with E-state index >= 15 is 0 Å². The van der Waals surface area contributed by atoms with Crippen LogP contribution in [-0.4, -0.2) is 28.2 Å². The molecule has 1 atom stereocenters. The van der Waals surface area contributed by atoms with Gasteiger partial charge < -0.3 is 15.7 Å². The number of carbonyl (C=O) groups is 1. The number of halogens is 1. The topological polar surface area (TPSA) is 104 Å². The summed E-state index contributed by atoms with van der Waals surface area (Å²) in [5, 5.41) is 25.4. The summed E-state index contributed by atoms with van der Waals surface area (Å²) >= 11 is 5.70. The van der Waals surface area contributed by atoms with Crippen LogP contribution in [0.3, 0.4) is 0 Å². The number of nitro benzene ring substituents is 1. The molecular formula is C13H16ClN3O4. The van der Waals surface area contributed by atoms with E-state index < -0.39 is 16.5 Å². The van der Waals surface area contributed by atoms with Gasteiger partial charge in [-0.2, -0.15) is 0 Å². The molecule has 1 aliphatic rings. The number of hydrogen-bond acceptors (Lipinski definition) is 4. The Kier molecular flexibility index (Phi) is 4.34. The Hall–Kier alpha value is -1.86. The van der Waals surface area contributed by atoms with Crippen molar-refractivity contribution in [3.63, 3.8) is 0 Å². The number of rotatable bonds is 5. The van der Waals surface area contributed by atoms with Crippen LogP contribution in [0.15, 0.2) is 18.2 Å². The second-order valence-corrected chi connectivity index (χ2v) is 5.76. The molecule has 0 spiro atoms. The van der Waals surface area contributed by atoms with Crippen molar-refractivity contribution in [1.82, 2.24) is 5.32 Å². The molecule has 21 heavy (non-hydrogen) atoms. The quantitative estimate of drug-likeness (QED) is 0.574. The molecule has 0 saturated heterocycles. The summed E-state index contributed by atoms with van der Waals surface area (Å²) in [5.41, 5.74) is -0.691. The second kappa shape index (κ2) is 5.87. The van der Waals surface area contributed by atoms with E-state index in [1.165, 1.54) is 18.2 Å². The first kappa shape index (κ1) is 15.5. The number of nitrogens with one attached hydrogen (secondary N) is 2. The van der Waals surface area contributed by atoms with Crippen molar-refractivity contribution in [2.45, 2.75) is 25.3 Å². The predicted molar refractivity (Wildman–Crippen MR) is 78.5 cm³/mol. The molecule has 7 nitrogen and oxygen atoms in total. The molecule has 0 radical (unpaired) electrons. The number of nitro groups is 1. The third kappa shape index (κ3) is 3.62. The minimum atomic E-state index is -0.678. The normalized spacial score (nSPS) is 16.9. The molecule has 2 amide bonds. The first-order valence-electron chi connectivity index (χ1n) is 6.49. The smallest absolute Gasteiger partial charge is 0.319 e. The van der Waals surface area contributed by atoms with Crippen LogP contribution in [0.25, 0.3) is 0 Å². The number of hydrogen-bond donors (Lipinski definition) is 3. The Morgan fingerprint density at radius 3 is 2.76 bits per heavy atom. The minimum Gasteiger partial charge on any atom is -0.394 e. The van der Waals surface area contributed by atoms with Crippen LogP contribution in [0.5, 0.6) is 0 Å². The third-order valence-corrected chi connectivity index (χ3v) is 3.93. The van der Waals surface area contributed by atoms with Crippen LogP contribution >= 0.6 is 11.6 Å². The lowest BCUT2D eigenvalue weighted by molar-refractivity contribution is -0.384. The maximum absolute atomic E-state index is 11.9. The first-order chi connectivity index (χ1) is 9.85. The van der Waals surface area contributed by atoms with Gasteiger partial charge >= 0.3 is 6.03 Å². The number of aliphatic hydroxyl groups is 1. The van der Waals surface area contributed by atoms with Crippen molar-refractivity contribution in [3.8, 4) is 0 Å². The van der Waals surface area contributed by atoms with Crippen LogP contribution in [0.2, 0.25) is 5.02 Å². The van der Waals surface area contributed by atoms with Crippen molar-refractivity contribution < 1.29 is 14.8 Å². The molecule has 1 aliphatic carbocycles. The summed E-state index contributed by atoms with van der Waals surface area (Å²) in [6, 6.07) is 3.49. The number of nitrogens with zero attached hydrogens (tertiary/aromatic N) is 1. The van der Waals surface area contributed by atoms with Crippen molar-refractivity contribution in [1.29, 1.82) is 0 Å². The number of urea groups is 1. The highest BCUT2D eigenvalue weighted by Gasteiger charge is 2.42. The maximum atomic E-state index is 11.9. The van der Waals surface area contributed by atoms with Gasteiger partial charge in [-0.3, -0.25) is 10.1 Å². The lowest BCUT2D eigenvalue weighted by atomic mass is 9.97. The molecule has 2 rings (SSSR count). The molecule has 0 heterocycles. The number of benzene rings is 1. The number of amides is 2. The first-order valence-corrected chi connectivity index (χ1v) is 6.87. The van der Waals surface area contributed by atoms with Gasteiger partial charge in [0.05, 0.1) is 17.1 Å². The van der Waals surface area contributed by atoms with Gasteiger partial charge in [0.15, 0.2) is 0 Å². The van der Waals surface area contributed by atoms with Gasteiger partial charge in [-0.25, -0.2) is 4.79 Å². The molecule has 8 heteroatoms. The van der Waals surface area contributed by atoms with Gasteiger partial charge in [0.2, 0.25) is 0 Å². The zero-order valence-electron chi connectivity index (χ0n) is 11.4. The number of carbonyl (C=O) groups excluding carboxylic acids is 1. The minimum absolute atomic E-state index is 0.00383. The highest BCUT2D eigenvalue weighted by atomic mass is 35.5. The van der Waals surface area contributed by atoms with E-state index in [0.717, 1.165) is 12.8 Å². The fourth-order valence-electron chi connectivity index (χ4n) is 2.14. The van der Waals surface area contributed by atoms with Gasteiger partial charge in [-0.05, 0) is 37.8 Å². The molecule has 1 fully saturated rings. The van der Waals surface area contributed by atoms with Crippen LogP contribution in [0.1, 0.15) is 19.8 Å². The highest BCUT2D eigenvalue weighted by Crippen LogP contribution is 2.39. The van der Waals surface area contributed by atoms with Crippen molar-refractivity contribution >= 4 is 29.0 Å². The zero-order chi connectivity index (χ0) is 15.6. The molecular weight excluding hydrogens is 298 g/mol. The highest BCUT2D eigenvalue weighted by molar-refractivity contribution is 6.32. The lowest BCUT2D eigenvalue weighted by Crippen LogP contribution is -2.52. The largest absolute Gasteiger partial charge is 0.394 e. The van der Waals surface area contributed by atoms with Crippen LogP contribution < -0.4 is 10.6 Å². The molecule has 1 aromatic carbocycles. The SMILES string of the molecule is CC(CO)(NC(=O)Nc1ccc(Cl)c([N+](=O)[O-])c1)C1CC1. The van der Waals surface area contributed by atoms with E-state index in [-0.39, 0.29) is 28.9 Å². The average molecular weight is 314 g/mol. The van der Waals surface area contributed by atoms with Gasteiger partial charge in [0, 0.05) is 11.8 Å². The molecule has 0 bridgehead atoms. The van der Waals surface area contributed by atoms with Gasteiger partial charge in [0.1, 0.15) is 5.02 Å². The monoisotopic (exact) mass is 313 g/mol. The fourth-order valence-corrected chi connectivity index (χ4v) is 2.33. The van der Waals surface area contributed by atoms with Gasteiger partial charge in [-0.15, -0.1) is 0 Å².